The Balaban J connectivity index is 1.96. The van der Waals surface area contributed by atoms with E-state index in [4.69, 9.17) is 0 Å². The van der Waals surface area contributed by atoms with Gasteiger partial charge in [-0.2, -0.15) is 0 Å². The van der Waals surface area contributed by atoms with Gasteiger partial charge in [-0.1, -0.05) is 35.9 Å². The van der Waals surface area contributed by atoms with Crippen LogP contribution in [0.3, 0.4) is 0 Å². The van der Waals surface area contributed by atoms with Crippen molar-refractivity contribution in [2.75, 3.05) is 5.32 Å². The summed E-state index contributed by atoms with van der Waals surface area (Å²) in [6, 6.07) is 11.3. The number of carbonyl (C=O) groups excluding carboxylic acids is 1. The maximum atomic E-state index is 12.7. The average molecular weight is 450 g/mol. The number of aromatic nitrogens is 1. The van der Waals surface area contributed by atoms with Crippen LogP contribution in [0.2, 0.25) is 0 Å². The molecule has 0 aliphatic heterocycles. The quantitative estimate of drug-likeness (QED) is 0.453. The van der Waals surface area contributed by atoms with Crippen LogP contribution in [0.15, 0.2) is 53.5 Å². The number of rotatable bonds is 6. The van der Waals surface area contributed by atoms with Crippen molar-refractivity contribution in [1.29, 1.82) is 0 Å². The van der Waals surface area contributed by atoms with Crippen LogP contribution >= 0.6 is 0 Å². The van der Waals surface area contributed by atoms with Crippen molar-refractivity contribution in [2.45, 2.75) is 33.2 Å². The molecule has 0 aliphatic rings. The van der Waals surface area contributed by atoms with Crippen LogP contribution < -0.4 is 16.2 Å². The summed E-state index contributed by atoms with van der Waals surface area (Å²) >= 11 is 0. The van der Waals surface area contributed by atoms with E-state index in [1.54, 1.807) is 0 Å². The van der Waals surface area contributed by atoms with Gasteiger partial charge in [0.2, 0.25) is 0 Å². The highest BCUT2D eigenvalue weighted by Crippen LogP contribution is 2.31. The first-order valence-electron chi connectivity index (χ1n) is 10.4. The number of carboxylic acid groups (broad SMARTS) is 1. The second-order valence-electron chi connectivity index (χ2n) is 8.14. The number of carboxylic acids is 1. The average Bonchev–Trinajstić information content (AvgIpc) is 2.73. The molecule has 0 saturated heterocycles. The van der Waals surface area contributed by atoms with Gasteiger partial charge in [0.05, 0.1) is 12.5 Å². The summed E-state index contributed by atoms with van der Waals surface area (Å²) in [5, 5.41) is 24.4. The van der Waals surface area contributed by atoms with Gasteiger partial charge in [-0.15, -0.1) is 0 Å². The number of urea groups is 1. The third kappa shape index (κ3) is 5.41. The molecule has 2 amide bonds. The molecule has 0 fully saturated rings. The Bertz CT molecular complexity index is 1260. The van der Waals surface area contributed by atoms with Gasteiger partial charge in [0.1, 0.15) is 5.75 Å². The topological polar surface area (TPSA) is 121 Å². The number of amides is 2. The van der Waals surface area contributed by atoms with Crippen molar-refractivity contribution in [2.24, 2.45) is 7.05 Å². The summed E-state index contributed by atoms with van der Waals surface area (Å²) in [6.07, 6.45) is 1.01. The molecule has 3 rings (SSSR count). The van der Waals surface area contributed by atoms with Crippen molar-refractivity contribution in [3.8, 4) is 16.9 Å². The number of aromatic hydroxyl groups is 1. The largest absolute Gasteiger partial charge is 0.505 e. The predicted octanol–water partition coefficient (Wildman–Crippen LogP) is 4.02. The molecule has 3 aromatic rings. The van der Waals surface area contributed by atoms with E-state index in [2.05, 4.69) is 10.6 Å². The smallest absolute Gasteiger partial charge is 0.319 e. The highest BCUT2D eigenvalue weighted by Gasteiger charge is 2.21. The number of carbonyl (C=O) groups is 2. The normalized spacial score (nSPS) is 11.6. The van der Waals surface area contributed by atoms with Gasteiger partial charge < -0.3 is 25.4 Å². The van der Waals surface area contributed by atoms with Gasteiger partial charge in [-0.05, 0) is 60.7 Å². The molecule has 33 heavy (non-hydrogen) atoms. The molecular weight excluding hydrogens is 422 g/mol. The van der Waals surface area contributed by atoms with E-state index in [0.717, 1.165) is 27.8 Å². The van der Waals surface area contributed by atoms with E-state index in [1.807, 2.05) is 57.2 Å². The fourth-order valence-electron chi connectivity index (χ4n) is 3.90. The first-order chi connectivity index (χ1) is 15.6. The van der Waals surface area contributed by atoms with Crippen molar-refractivity contribution in [3.63, 3.8) is 0 Å². The highest BCUT2D eigenvalue weighted by atomic mass is 16.4. The Morgan fingerprint density at radius 3 is 2.36 bits per heavy atom. The van der Waals surface area contributed by atoms with Crippen LogP contribution in [-0.4, -0.2) is 26.8 Å². The third-order valence-electron chi connectivity index (χ3n) is 5.44. The molecule has 1 unspecified atom stereocenters. The molecule has 1 heterocycles. The van der Waals surface area contributed by atoms with E-state index < -0.39 is 23.6 Å². The lowest BCUT2D eigenvalue weighted by atomic mass is 9.91. The minimum absolute atomic E-state index is 0.285. The summed E-state index contributed by atoms with van der Waals surface area (Å²) in [4.78, 5) is 36.5. The first-order valence-corrected chi connectivity index (χ1v) is 10.4. The predicted molar refractivity (Wildman–Crippen MR) is 127 cm³/mol. The van der Waals surface area contributed by atoms with Crippen LogP contribution in [-0.2, 0) is 11.8 Å². The molecule has 0 radical (unpaired) electrons. The van der Waals surface area contributed by atoms with E-state index in [1.165, 1.54) is 23.9 Å². The minimum atomic E-state index is -1.09. The maximum absolute atomic E-state index is 12.7. The van der Waals surface area contributed by atoms with Crippen LogP contribution in [0, 0.1) is 20.8 Å². The molecule has 0 aliphatic carbocycles. The number of aryl methyl sites for hydroxylation is 4. The molecule has 2 aromatic carbocycles. The lowest BCUT2D eigenvalue weighted by Gasteiger charge is -2.20. The summed E-state index contributed by atoms with van der Waals surface area (Å²) in [5.41, 5.74) is 4.81. The van der Waals surface area contributed by atoms with Gasteiger partial charge in [-0.3, -0.25) is 9.59 Å². The number of pyridine rings is 1. The van der Waals surface area contributed by atoms with E-state index in [9.17, 15) is 24.6 Å². The van der Waals surface area contributed by atoms with Crippen molar-refractivity contribution in [3.05, 3.63) is 81.3 Å². The third-order valence-corrected chi connectivity index (χ3v) is 5.44. The number of nitrogens with zero attached hydrogens (tertiary/aromatic N) is 1. The lowest BCUT2D eigenvalue weighted by molar-refractivity contribution is -0.137. The Morgan fingerprint density at radius 2 is 1.73 bits per heavy atom. The van der Waals surface area contributed by atoms with Gasteiger partial charge in [0, 0.05) is 13.2 Å². The number of nitrogens with one attached hydrogen (secondary N) is 2. The molecule has 1 atom stereocenters. The zero-order valence-electron chi connectivity index (χ0n) is 19.0. The van der Waals surface area contributed by atoms with Gasteiger partial charge in [-0.25, -0.2) is 4.79 Å². The molecule has 0 spiro atoms. The summed E-state index contributed by atoms with van der Waals surface area (Å²) in [6.45, 7) is 5.93. The van der Waals surface area contributed by atoms with Crippen molar-refractivity contribution in [1.82, 2.24) is 9.88 Å². The number of hydrogen-bond donors (Lipinski definition) is 4. The van der Waals surface area contributed by atoms with Crippen molar-refractivity contribution < 1.29 is 19.8 Å². The lowest BCUT2D eigenvalue weighted by Crippen LogP contribution is -2.36. The Morgan fingerprint density at radius 1 is 1.06 bits per heavy atom. The molecular formula is C25H27N3O5. The van der Waals surface area contributed by atoms with Crippen molar-refractivity contribution >= 4 is 17.7 Å². The molecule has 0 bridgehead atoms. The van der Waals surface area contributed by atoms with E-state index in [-0.39, 0.29) is 17.9 Å². The molecule has 1 aromatic heterocycles. The summed E-state index contributed by atoms with van der Waals surface area (Å²) < 4.78 is 1.21. The second-order valence-corrected chi connectivity index (χ2v) is 8.14. The number of aliphatic carboxylic acids is 1. The monoisotopic (exact) mass is 449 g/mol. The highest BCUT2D eigenvalue weighted by molar-refractivity contribution is 5.91. The molecule has 4 N–H and O–H groups in total. The first kappa shape index (κ1) is 23.6. The van der Waals surface area contributed by atoms with E-state index in [0.29, 0.717) is 5.56 Å². The Labute approximate surface area is 191 Å². The van der Waals surface area contributed by atoms with Crippen LogP contribution in [0.5, 0.6) is 5.75 Å². The van der Waals surface area contributed by atoms with Gasteiger partial charge in [0.15, 0.2) is 5.69 Å². The van der Waals surface area contributed by atoms with Gasteiger partial charge >= 0.3 is 12.0 Å². The van der Waals surface area contributed by atoms with E-state index >= 15 is 0 Å². The van der Waals surface area contributed by atoms with Crippen LogP contribution in [0.1, 0.15) is 34.7 Å². The van der Waals surface area contributed by atoms with Crippen LogP contribution in [0.4, 0.5) is 10.5 Å². The summed E-state index contributed by atoms with van der Waals surface area (Å²) in [5.74, 6) is -1.47. The molecule has 0 saturated carbocycles. The minimum Gasteiger partial charge on any atom is -0.505 e. The second kappa shape index (κ2) is 9.60. The fourth-order valence-corrected chi connectivity index (χ4v) is 3.90. The number of hydrogen-bond acceptors (Lipinski definition) is 4. The Kier molecular flexibility index (Phi) is 6.86. The maximum Gasteiger partial charge on any atom is 0.319 e. The van der Waals surface area contributed by atoms with Gasteiger partial charge in [0.25, 0.3) is 5.56 Å². The molecule has 8 heteroatoms. The fraction of sp³-hybridized carbons (Fsp3) is 0.240. The number of benzene rings is 2. The number of anilines is 1. The standard InChI is InChI=1S/C25H27N3O5/c1-14-10-17(12-18(11-14)22-15(2)6-5-7-16(22)3)19(13-21(30)31)26-25(33)27-23-20(29)8-9-28(4)24(23)32/h5-12,19,29H,13H2,1-4H3,(H,30,31)(H2,26,27,33). The SMILES string of the molecule is Cc1cc(-c2c(C)cccc2C)cc(C(CC(=O)O)NC(=O)Nc2c(O)ccn(C)c2=O)c1. The molecule has 8 nitrogen and oxygen atoms in total. The zero-order valence-corrected chi connectivity index (χ0v) is 19.0. The molecule has 172 valence electrons. The van der Waals surface area contributed by atoms with Crippen LogP contribution in [0.25, 0.3) is 11.1 Å². The Hall–Kier alpha value is -4.07. The zero-order chi connectivity index (χ0) is 24.3. The summed E-state index contributed by atoms with van der Waals surface area (Å²) in [7, 11) is 1.49.